The molecule has 0 aliphatic carbocycles. The van der Waals surface area contributed by atoms with Gasteiger partial charge in [0.05, 0.1) is 18.9 Å². The van der Waals surface area contributed by atoms with Crippen molar-refractivity contribution in [2.24, 2.45) is 10.9 Å². The predicted octanol–water partition coefficient (Wildman–Crippen LogP) is -3.15. The molecule has 78 valence electrons. The molecule has 1 unspecified atom stereocenters. The van der Waals surface area contributed by atoms with E-state index in [4.69, 9.17) is 26.3 Å². The smallest absolute Gasteiger partial charge is 0.110 e. The van der Waals surface area contributed by atoms with Crippen LogP contribution in [-0.4, -0.2) is 62.8 Å². The van der Waals surface area contributed by atoms with Crippen molar-refractivity contribution in [3.8, 4) is 0 Å². The van der Waals surface area contributed by atoms with E-state index in [1.807, 2.05) is 0 Å². The Morgan fingerprint density at radius 3 is 2.15 bits per heavy atom. The van der Waals surface area contributed by atoms with Gasteiger partial charge in [0, 0.05) is 0 Å². The number of nitrogens with zero attached hydrogens (tertiary/aromatic N) is 1. The molecule has 0 aromatic carbocycles. The molecule has 0 fully saturated rings. The first-order valence-corrected chi connectivity index (χ1v) is 3.62. The second-order valence-corrected chi connectivity index (χ2v) is 2.57. The van der Waals surface area contributed by atoms with Crippen LogP contribution in [0, 0.1) is 0 Å². The molecule has 0 aliphatic rings. The number of nitrogens with two attached hydrogens (primary N) is 1. The standard InChI is InChI=1S/C6H14N2O5/c7-3(1-8-13)5(11)6(12)4(10)2-9/h1,3-6,9-13H,2,7H2/b8-1+/t3-,4?,5+,6+/m0/s1. The molecule has 0 aromatic rings. The van der Waals surface area contributed by atoms with Crippen LogP contribution in [-0.2, 0) is 0 Å². The van der Waals surface area contributed by atoms with E-state index in [0.29, 0.717) is 0 Å². The van der Waals surface area contributed by atoms with E-state index < -0.39 is 31.0 Å². The SMILES string of the molecule is N[C@@H](/C=N/O)[C@@H](O)[C@H](O)C(O)CO. The minimum absolute atomic E-state index is 0.693. The molecule has 0 aliphatic heterocycles. The van der Waals surface area contributed by atoms with Crippen LogP contribution in [0.1, 0.15) is 0 Å². The highest BCUT2D eigenvalue weighted by Crippen LogP contribution is 2.01. The van der Waals surface area contributed by atoms with Crippen molar-refractivity contribution in [3.05, 3.63) is 0 Å². The van der Waals surface area contributed by atoms with Crippen molar-refractivity contribution in [1.29, 1.82) is 0 Å². The zero-order valence-corrected chi connectivity index (χ0v) is 6.85. The maximum absolute atomic E-state index is 9.17. The molecule has 0 saturated heterocycles. The number of oxime groups is 1. The van der Waals surface area contributed by atoms with E-state index in [9.17, 15) is 5.11 Å². The normalized spacial score (nSPS) is 21.3. The van der Waals surface area contributed by atoms with Gasteiger partial charge in [0.15, 0.2) is 0 Å². The van der Waals surface area contributed by atoms with Gasteiger partial charge >= 0.3 is 0 Å². The third kappa shape index (κ3) is 3.66. The molecular formula is C6H14N2O5. The van der Waals surface area contributed by atoms with Gasteiger partial charge in [-0.3, -0.25) is 0 Å². The van der Waals surface area contributed by atoms with Crippen molar-refractivity contribution < 1.29 is 25.6 Å². The molecule has 4 atom stereocenters. The summed E-state index contributed by atoms with van der Waals surface area (Å²) in [4.78, 5) is 0. The second kappa shape index (κ2) is 5.84. The van der Waals surface area contributed by atoms with Gasteiger partial charge in [-0.2, -0.15) is 0 Å². The first-order chi connectivity index (χ1) is 6.04. The summed E-state index contributed by atoms with van der Waals surface area (Å²) in [5, 5.41) is 46.2. The Balaban J connectivity index is 4.15. The summed E-state index contributed by atoms with van der Waals surface area (Å²) < 4.78 is 0. The summed E-state index contributed by atoms with van der Waals surface area (Å²) in [5.74, 6) is 0. The zero-order chi connectivity index (χ0) is 10.4. The Bertz CT molecular complexity index is 165. The Morgan fingerprint density at radius 2 is 1.77 bits per heavy atom. The highest BCUT2D eigenvalue weighted by molar-refractivity contribution is 5.64. The topological polar surface area (TPSA) is 140 Å². The van der Waals surface area contributed by atoms with Crippen LogP contribution in [0.4, 0.5) is 0 Å². The van der Waals surface area contributed by atoms with E-state index in [-0.39, 0.29) is 0 Å². The summed E-state index contributed by atoms with van der Waals surface area (Å²) in [7, 11) is 0. The molecule has 7 N–H and O–H groups in total. The largest absolute Gasteiger partial charge is 0.411 e. The maximum Gasteiger partial charge on any atom is 0.110 e. The number of hydrogen-bond donors (Lipinski definition) is 6. The number of aliphatic hydroxyl groups excluding tert-OH is 4. The molecule has 13 heavy (non-hydrogen) atoms. The van der Waals surface area contributed by atoms with E-state index in [0.717, 1.165) is 6.21 Å². The Kier molecular flexibility index (Phi) is 5.51. The van der Waals surface area contributed by atoms with Gasteiger partial charge in [-0.05, 0) is 0 Å². The lowest BCUT2D eigenvalue weighted by molar-refractivity contribution is -0.0772. The maximum atomic E-state index is 9.17. The summed E-state index contributed by atoms with van der Waals surface area (Å²) in [6.07, 6.45) is -3.76. The predicted molar refractivity (Wildman–Crippen MR) is 43.4 cm³/mol. The molecule has 0 bridgehead atoms. The average Bonchev–Trinajstić information content (AvgIpc) is 2.14. The molecule has 0 saturated carbocycles. The monoisotopic (exact) mass is 194 g/mol. The molecule has 0 spiro atoms. The fraction of sp³-hybridized carbons (Fsp3) is 0.833. The number of rotatable bonds is 5. The minimum atomic E-state index is -1.59. The zero-order valence-electron chi connectivity index (χ0n) is 6.85. The average molecular weight is 194 g/mol. The molecule has 7 heteroatoms. The quantitative estimate of drug-likeness (QED) is 0.155. The van der Waals surface area contributed by atoms with E-state index in [2.05, 4.69) is 5.16 Å². The summed E-state index contributed by atoms with van der Waals surface area (Å²) in [6.45, 7) is -0.693. The summed E-state index contributed by atoms with van der Waals surface area (Å²) in [6, 6.07) is -1.11. The van der Waals surface area contributed by atoms with Gasteiger partial charge in [-0.25, -0.2) is 0 Å². The van der Waals surface area contributed by atoms with Crippen LogP contribution in [0.2, 0.25) is 0 Å². The highest BCUT2D eigenvalue weighted by Gasteiger charge is 2.28. The molecule has 0 amide bonds. The molecule has 0 heterocycles. The summed E-state index contributed by atoms with van der Waals surface area (Å²) >= 11 is 0. The first-order valence-electron chi connectivity index (χ1n) is 3.62. The molecule has 0 rings (SSSR count). The van der Waals surface area contributed by atoms with Gasteiger partial charge in [-0.1, -0.05) is 0 Å². The lowest BCUT2D eigenvalue weighted by Gasteiger charge is -2.23. The van der Waals surface area contributed by atoms with Gasteiger partial charge in [-0.15, -0.1) is 5.16 Å². The third-order valence-electron chi connectivity index (χ3n) is 1.56. The fourth-order valence-electron chi connectivity index (χ4n) is 0.728. The van der Waals surface area contributed by atoms with Crippen LogP contribution >= 0.6 is 0 Å². The lowest BCUT2D eigenvalue weighted by atomic mass is 10.0. The van der Waals surface area contributed by atoms with Crippen LogP contribution in [0.5, 0.6) is 0 Å². The number of aliphatic hydroxyl groups is 4. The van der Waals surface area contributed by atoms with E-state index in [1.165, 1.54) is 0 Å². The number of hydrogen-bond acceptors (Lipinski definition) is 7. The first kappa shape index (κ1) is 12.3. The molecule has 0 radical (unpaired) electrons. The van der Waals surface area contributed by atoms with Crippen LogP contribution in [0.15, 0.2) is 5.16 Å². The van der Waals surface area contributed by atoms with Crippen molar-refractivity contribution in [1.82, 2.24) is 0 Å². The second-order valence-electron chi connectivity index (χ2n) is 2.57. The highest BCUT2D eigenvalue weighted by atomic mass is 16.4. The van der Waals surface area contributed by atoms with Crippen molar-refractivity contribution in [2.75, 3.05) is 6.61 Å². The Morgan fingerprint density at radius 1 is 1.23 bits per heavy atom. The van der Waals surface area contributed by atoms with Gasteiger partial charge in [0.2, 0.25) is 0 Å². The van der Waals surface area contributed by atoms with Crippen LogP contribution in [0.3, 0.4) is 0 Å². The van der Waals surface area contributed by atoms with Gasteiger partial charge < -0.3 is 31.4 Å². The van der Waals surface area contributed by atoms with Crippen molar-refractivity contribution >= 4 is 6.21 Å². The minimum Gasteiger partial charge on any atom is -0.411 e. The molecular weight excluding hydrogens is 180 g/mol. The molecule has 7 nitrogen and oxygen atoms in total. The third-order valence-corrected chi connectivity index (χ3v) is 1.56. The van der Waals surface area contributed by atoms with E-state index in [1.54, 1.807) is 0 Å². The Labute approximate surface area is 74.7 Å². The summed E-state index contributed by atoms with van der Waals surface area (Å²) in [5.41, 5.74) is 5.21. The van der Waals surface area contributed by atoms with Crippen LogP contribution in [0.25, 0.3) is 0 Å². The van der Waals surface area contributed by atoms with Crippen LogP contribution < -0.4 is 5.73 Å². The van der Waals surface area contributed by atoms with Crippen molar-refractivity contribution in [3.63, 3.8) is 0 Å². The Hall–Kier alpha value is -0.730. The lowest BCUT2D eigenvalue weighted by Crippen LogP contribution is -2.49. The van der Waals surface area contributed by atoms with Gasteiger partial charge in [0.1, 0.15) is 18.3 Å². The fourth-order valence-corrected chi connectivity index (χ4v) is 0.728. The molecule has 0 aromatic heterocycles. The van der Waals surface area contributed by atoms with Crippen molar-refractivity contribution in [2.45, 2.75) is 24.4 Å². The van der Waals surface area contributed by atoms with Gasteiger partial charge in [0.25, 0.3) is 0 Å². The van der Waals surface area contributed by atoms with E-state index >= 15 is 0 Å².